The first-order valence-corrected chi connectivity index (χ1v) is 6.23. The number of aliphatic carboxylic acids is 1. The first kappa shape index (κ1) is 14.2. The van der Waals surface area contributed by atoms with E-state index in [2.05, 4.69) is 10.2 Å². The Labute approximate surface area is 116 Å². The Morgan fingerprint density at radius 1 is 1.35 bits per heavy atom. The van der Waals surface area contributed by atoms with Crippen LogP contribution in [-0.2, 0) is 17.9 Å². The number of aliphatic hydroxyl groups excluding tert-OH is 1. The van der Waals surface area contributed by atoms with Crippen LogP contribution in [0, 0.1) is 0 Å². The van der Waals surface area contributed by atoms with Gasteiger partial charge in [0.25, 0.3) is 0 Å². The van der Waals surface area contributed by atoms with Crippen LogP contribution in [0.2, 0.25) is 0 Å². The molecule has 1 aromatic heterocycles. The third-order valence-electron chi connectivity index (χ3n) is 3.13. The summed E-state index contributed by atoms with van der Waals surface area (Å²) < 4.78 is 0. The van der Waals surface area contributed by atoms with Gasteiger partial charge in [-0.15, -0.1) is 0 Å². The molecule has 1 unspecified atom stereocenters. The second-order valence-corrected chi connectivity index (χ2v) is 4.64. The van der Waals surface area contributed by atoms with Crippen molar-refractivity contribution in [3.8, 4) is 0 Å². The van der Waals surface area contributed by atoms with E-state index in [9.17, 15) is 9.90 Å². The topological polar surface area (TPSA) is 89.5 Å². The van der Waals surface area contributed by atoms with E-state index in [0.29, 0.717) is 12.1 Å². The minimum absolute atomic E-state index is 0.0536. The Hall–Kier alpha value is -2.18. The Balaban J connectivity index is 2.19. The molecule has 0 aliphatic heterocycles. The second kappa shape index (κ2) is 6.31. The largest absolute Gasteiger partial charge is 0.480 e. The molecule has 1 aromatic carbocycles. The van der Waals surface area contributed by atoms with E-state index in [1.807, 2.05) is 6.07 Å². The van der Waals surface area contributed by atoms with Crippen molar-refractivity contribution < 1.29 is 15.0 Å². The third kappa shape index (κ3) is 3.23. The quantitative estimate of drug-likeness (QED) is 0.736. The van der Waals surface area contributed by atoms with Gasteiger partial charge in [0.05, 0.1) is 6.61 Å². The maximum absolute atomic E-state index is 11.5. The number of nitrogens with zero attached hydrogens (tertiary/aromatic N) is 2. The minimum Gasteiger partial charge on any atom is -0.480 e. The lowest BCUT2D eigenvalue weighted by atomic mass is 10.0. The average molecular weight is 275 g/mol. The fourth-order valence-corrected chi connectivity index (χ4v) is 2.12. The van der Waals surface area contributed by atoms with E-state index < -0.39 is 12.0 Å². The van der Waals surface area contributed by atoms with Gasteiger partial charge >= 0.3 is 5.97 Å². The van der Waals surface area contributed by atoms with Gasteiger partial charge in [-0.1, -0.05) is 24.3 Å². The van der Waals surface area contributed by atoms with Gasteiger partial charge in [0, 0.05) is 18.4 Å². The van der Waals surface area contributed by atoms with Crippen molar-refractivity contribution >= 4 is 5.97 Å². The number of carboxylic acid groups (broad SMARTS) is 1. The molecule has 106 valence electrons. The molecular formula is C14H17N3O3. The lowest BCUT2D eigenvalue weighted by Gasteiger charge is -2.24. The van der Waals surface area contributed by atoms with Crippen LogP contribution in [0.4, 0.5) is 0 Å². The average Bonchev–Trinajstić information content (AvgIpc) is 2.92. The predicted molar refractivity (Wildman–Crippen MR) is 72.8 cm³/mol. The zero-order chi connectivity index (χ0) is 14.5. The molecule has 6 heteroatoms. The number of nitrogens with one attached hydrogen (secondary N) is 1. The SMILES string of the molecule is CN(Cc1ccn[nH]1)C(C(=O)O)c1ccc(CO)cc1. The highest BCUT2D eigenvalue weighted by atomic mass is 16.4. The number of hydrogen-bond acceptors (Lipinski definition) is 4. The number of aromatic amines is 1. The van der Waals surface area contributed by atoms with E-state index in [1.54, 1.807) is 42.4 Å². The normalized spacial score (nSPS) is 12.6. The zero-order valence-electron chi connectivity index (χ0n) is 11.2. The van der Waals surface area contributed by atoms with Gasteiger partial charge in [-0.05, 0) is 24.2 Å². The van der Waals surface area contributed by atoms with Crippen molar-refractivity contribution in [1.82, 2.24) is 15.1 Å². The molecule has 0 spiro atoms. The number of benzene rings is 1. The van der Waals surface area contributed by atoms with Crippen LogP contribution >= 0.6 is 0 Å². The number of carbonyl (C=O) groups is 1. The molecule has 2 aromatic rings. The Morgan fingerprint density at radius 3 is 2.55 bits per heavy atom. The molecule has 0 saturated carbocycles. The summed E-state index contributed by atoms with van der Waals surface area (Å²) in [5.41, 5.74) is 2.29. The summed E-state index contributed by atoms with van der Waals surface area (Å²) >= 11 is 0. The highest BCUT2D eigenvalue weighted by Crippen LogP contribution is 2.21. The molecule has 6 nitrogen and oxygen atoms in total. The molecule has 0 aliphatic rings. The number of H-pyrrole nitrogens is 1. The Kier molecular flexibility index (Phi) is 4.49. The van der Waals surface area contributed by atoms with E-state index in [4.69, 9.17) is 5.11 Å². The van der Waals surface area contributed by atoms with E-state index in [1.165, 1.54) is 0 Å². The smallest absolute Gasteiger partial charge is 0.325 e. The number of rotatable bonds is 6. The fraction of sp³-hybridized carbons (Fsp3) is 0.286. The van der Waals surface area contributed by atoms with Crippen molar-refractivity contribution in [1.29, 1.82) is 0 Å². The Bertz CT molecular complexity index is 552. The minimum atomic E-state index is -0.913. The molecule has 0 radical (unpaired) electrons. The molecule has 1 heterocycles. The van der Waals surface area contributed by atoms with Crippen LogP contribution in [0.3, 0.4) is 0 Å². The number of aromatic nitrogens is 2. The molecule has 0 aliphatic carbocycles. The van der Waals surface area contributed by atoms with Crippen LogP contribution in [0.15, 0.2) is 36.5 Å². The van der Waals surface area contributed by atoms with Crippen LogP contribution in [-0.4, -0.2) is 38.3 Å². The number of likely N-dealkylation sites (N-methyl/N-ethyl adjacent to an activating group) is 1. The summed E-state index contributed by atoms with van der Waals surface area (Å²) in [5.74, 6) is -0.913. The third-order valence-corrected chi connectivity index (χ3v) is 3.13. The van der Waals surface area contributed by atoms with Gasteiger partial charge in [-0.25, -0.2) is 0 Å². The van der Waals surface area contributed by atoms with Crippen LogP contribution in [0.25, 0.3) is 0 Å². The monoisotopic (exact) mass is 275 g/mol. The van der Waals surface area contributed by atoms with Gasteiger partial charge in [0.1, 0.15) is 6.04 Å². The molecule has 0 fully saturated rings. The van der Waals surface area contributed by atoms with Crippen molar-refractivity contribution in [2.45, 2.75) is 19.2 Å². The molecule has 0 amide bonds. The number of hydrogen-bond donors (Lipinski definition) is 3. The summed E-state index contributed by atoms with van der Waals surface area (Å²) in [6.45, 7) is 0.403. The molecule has 20 heavy (non-hydrogen) atoms. The maximum atomic E-state index is 11.5. The van der Waals surface area contributed by atoms with Crippen molar-refractivity contribution in [2.24, 2.45) is 0 Å². The van der Waals surface area contributed by atoms with Crippen molar-refractivity contribution in [2.75, 3.05) is 7.05 Å². The molecular weight excluding hydrogens is 258 g/mol. The van der Waals surface area contributed by atoms with Gasteiger partial charge < -0.3 is 10.2 Å². The highest BCUT2D eigenvalue weighted by molar-refractivity contribution is 5.75. The number of carboxylic acids is 1. The molecule has 3 N–H and O–H groups in total. The zero-order valence-corrected chi connectivity index (χ0v) is 11.2. The molecule has 2 rings (SSSR count). The molecule has 0 bridgehead atoms. The van der Waals surface area contributed by atoms with Crippen LogP contribution in [0.5, 0.6) is 0 Å². The fourth-order valence-electron chi connectivity index (χ4n) is 2.12. The first-order chi connectivity index (χ1) is 9.61. The summed E-state index contributed by atoms with van der Waals surface area (Å²) in [4.78, 5) is 13.2. The van der Waals surface area contributed by atoms with Crippen molar-refractivity contribution in [3.05, 3.63) is 53.3 Å². The summed E-state index contributed by atoms with van der Waals surface area (Å²) in [7, 11) is 1.75. The molecule has 1 atom stereocenters. The van der Waals surface area contributed by atoms with Gasteiger partial charge in [0.15, 0.2) is 0 Å². The summed E-state index contributed by atoms with van der Waals surface area (Å²) in [6, 6.07) is 7.99. The van der Waals surface area contributed by atoms with E-state index in [-0.39, 0.29) is 6.61 Å². The van der Waals surface area contributed by atoms with Crippen LogP contribution in [0.1, 0.15) is 22.9 Å². The molecule has 0 saturated heterocycles. The lowest BCUT2D eigenvalue weighted by Crippen LogP contribution is -2.30. The van der Waals surface area contributed by atoms with Gasteiger partial charge in [0.2, 0.25) is 0 Å². The van der Waals surface area contributed by atoms with E-state index in [0.717, 1.165) is 11.3 Å². The standard InChI is InChI=1S/C14H17N3O3/c1-17(8-12-6-7-15-16-12)13(14(19)20)11-4-2-10(9-18)3-5-11/h2-7,13,18H,8-9H2,1H3,(H,15,16)(H,19,20). The number of aliphatic hydroxyl groups is 1. The van der Waals surface area contributed by atoms with Gasteiger partial charge in [-0.3, -0.25) is 14.8 Å². The lowest BCUT2D eigenvalue weighted by molar-refractivity contribution is -0.143. The van der Waals surface area contributed by atoms with E-state index >= 15 is 0 Å². The highest BCUT2D eigenvalue weighted by Gasteiger charge is 2.24. The first-order valence-electron chi connectivity index (χ1n) is 6.23. The summed E-state index contributed by atoms with van der Waals surface area (Å²) in [6.07, 6.45) is 1.63. The maximum Gasteiger partial charge on any atom is 0.325 e. The predicted octanol–water partition coefficient (Wildman–Crippen LogP) is 1.16. The van der Waals surface area contributed by atoms with Crippen LogP contribution < -0.4 is 0 Å². The van der Waals surface area contributed by atoms with Gasteiger partial charge in [-0.2, -0.15) is 5.10 Å². The second-order valence-electron chi connectivity index (χ2n) is 4.64. The Morgan fingerprint density at radius 2 is 2.05 bits per heavy atom. The summed E-state index contributed by atoms with van der Waals surface area (Å²) in [5, 5.41) is 25.1. The van der Waals surface area contributed by atoms with Crippen molar-refractivity contribution in [3.63, 3.8) is 0 Å².